The second-order valence-corrected chi connectivity index (χ2v) is 25.9. The molecule has 4 unspecified atom stereocenters. The van der Waals surface area contributed by atoms with Gasteiger partial charge in [-0.15, -0.1) is 0 Å². The third kappa shape index (κ3) is 16.5. The van der Waals surface area contributed by atoms with E-state index in [2.05, 4.69) is 35.8 Å². The first kappa shape index (κ1) is 71.9. The first-order valence-corrected chi connectivity index (χ1v) is 30.9. The van der Waals surface area contributed by atoms with Crippen LogP contribution in [0.3, 0.4) is 0 Å². The molecule has 4 atom stereocenters. The lowest BCUT2D eigenvalue weighted by atomic mass is 10.0. The fourth-order valence-corrected chi connectivity index (χ4v) is 10.4. The van der Waals surface area contributed by atoms with E-state index in [9.17, 15) is 65.3 Å². The van der Waals surface area contributed by atoms with Crippen molar-refractivity contribution in [2.45, 2.75) is 155 Å². The maximum absolute atomic E-state index is 14.1. The van der Waals surface area contributed by atoms with E-state index in [4.69, 9.17) is 14.2 Å². The number of hydrogen-bond acceptors (Lipinski definition) is 16. The summed E-state index contributed by atoms with van der Waals surface area (Å²) in [5.41, 5.74) is -1.57. The summed E-state index contributed by atoms with van der Waals surface area (Å²) in [7, 11) is 0. The lowest BCUT2D eigenvalue weighted by molar-refractivity contribution is -0.260. The van der Waals surface area contributed by atoms with Gasteiger partial charge < -0.3 is 39.8 Å². The van der Waals surface area contributed by atoms with Gasteiger partial charge in [0.15, 0.2) is 11.2 Å². The van der Waals surface area contributed by atoms with E-state index < -0.39 is 82.8 Å². The minimum atomic E-state index is -4.91. The van der Waals surface area contributed by atoms with E-state index in [-0.39, 0.29) is 86.2 Å². The maximum atomic E-state index is 14.1. The molecule has 7 heterocycles. The Morgan fingerprint density at radius 2 is 1.00 bits per heavy atom. The lowest BCUT2D eigenvalue weighted by Crippen LogP contribution is -2.48. The molecular weight excluding hydrogens is 1290 g/mol. The zero-order chi connectivity index (χ0) is 71.5. The molecular formula is C68H74F6N12O12. The first-order chi connectivity index (χ1) is 46.0. The van der Waals surface area contributed by atoms with Crippen LogP contribution in [0.25, 0.3) is 33.9 Å². The second-order valence-electron chi connectivity index (χ2n) is 25.9. The molecule has 0 aliphatic carbocycles. The molecule has 30 heteroatoms. The molecule has 520 valence electrons. The zero-order valence-electron chi connectivity index (χ0n) is 55.2. The molecule has 0 radical (unpaired) electrons. The summed E-state index contributed by atoms with van der Waals surface area (Å²) in [6.45, 7) is 14.9. The van der Waals surface area contributed by atoms with Crippen LogP contribution < -0.4 is 26.7 Å². The summed E-state index contributed by atoms with van der Waals surface area (Å²) >= 11 is 0. The van der Waals surface area contributed by atoms with Crippen LogP contribution in [0.15, 0.2) is 143 Å². The van der Waals surface area contributed by atoms with Gasteiger partial charge in [-0.05, 0) is 153 Å². The Kier molecular flexibility index (Phi) is 20.8. The average Bonchev–Trinajstić information content (AvgIpc) is 1.57. The van der Waals surface area contributed by atoms with Gasteiger partial charge in [0, 0.05) is 49.7 Å². The number of aromatic nitrogens is 8. The number of alkyl halides is 6. The number of phenols is 1. The number of aromatic hydroxyl groups is 1. The van der Waals surface area contributed by atoms with Crippen LogP contribution in [-0.4, -0.2) is 143 Å². The minimum Gasteiger partial charge on any atom is -0.508 e. The number of rotatable bonds is 13. The second kappa shape index (κ2) is 28.4. The average molecular weight is 1370 g/mol. The fourth-order valence-electron chi connectivity index (χ4n) is 10.4. The number of hydrogen-bond donors (Lipinski definition) is 4. The van der Waals surface area contributed by atoms with Crippen LogP contribution >= 0.6 is 0 Å². The third-order valence-corrected chi connectivity index (χ3v) is 15.9. The molecule has 0 saturated carbocycles. The third-order valence-electron chi connectivity index (χ3n) is 15.9. The standard InChI is InChI=1S/C34H37F3N6O6.C30H32N6O5.C4H5F3O/c1-21-18-42-27(19-41(21)31(46)49-32(2,3)4)28(29(44)38-17-22-9-6-7-10-25(22)26-11-8-16-39-40-26)43(30(42)45)23-12-14-24(15-13-23)48-20-33(5,47)34(35,36)37;1-19-17-35-25(18-34(19)29(40)41-30(2,3)4)26(36(28(35)39)21-11-13-22(37)14-12-21)27(38)31-16-20-8-5-6-9-23(20)24-10-7-15-32-33-24;1-3(2-8-3)4(5,6)7/h6-16,21,47H,17-20H2,1-5H3,(H,38,44);5-15,19,37H,16-18H2,1-4H3,(H,31,38);2H2,1H3. The number of halogens is 6. The van der Waals surface area contributed by atoms with Crippen LogP contribution in [0.4, 0.5) is 35.9 Å². The van der Waals surface area contributed by atoms with Crippen LogP contribution in [0, 0.1) is 0 Å². The predicted octanol–water partition coefficient (Wildman–Crippen LogP) is 10.1. The Morgan fingerprint density at radius 1 is 0.602 bits per heavy atom. The number of benzene rings is 4. The van der Waals surface area contributed by atoms with E-state index in [0.29, 0.717) is 29.7 Å². The number of imidazole rings is 2. The lowest BCUT2D eigenvalue weighted by Gasteiger charge is -2.35. The fraction of sp³-hybridized carbons (Fsp3) is 0.382. The Morgan fingerprint density at radius 3 is 1.35 bits per heavy atom. The van der Waals surface area contributed by atoms with Gasteiger partial charge in [0.2, 0.25) is 0 Å². The molecule has 4 N–H and O–H groups in total. The molecule has 3 aliphatic heterocycles. The van der Waals surface area contributed by atoms with Crippen LogP contribution in [0.2, 0.25) is 0 Å². The summed E-state index contributed by atoms with van der Waals surface area (Å²) in [5.74, 6) is -1.07. The highest BCUT2D eigenvalue weighted by Crippen LogP contribution is 2.43. The Hall–Kier alpha value is -10.4. The quantitative estimate of drug-likeness (QED) is 0.0617. The van der Waals surface area contributed by atoms with Crippen molar-refractivity contribution in [2.75, 3.05) is 13.2 Å². The van der Waals surface area contributed by atoms with Gasteiger partial charge in [-0.2, -0.15) is 46.7 Å². The molecule has 4 amide bonds. The molecule has 98 heavy (non-hydrogen) atoms. The monoisotopic (exact) mass is 1360 g/mol. The van der Waals surface area contributed by atoms with Crippen molar-refractivity contribution >= 4 is 24.0 Å². The van der Waals surface area contributed by atoms with Crippen molar-refractivity contribution in [3.63, 3.8) is 0 Å². The van der Waals surface area contributed by atoms with Crippen molar-refractivity contribution in [1.82, 2.24) is 59.1 Å². The number of aliphatic hydroxyl groups is 1. The highest BCUT2D eigenvalue weighted by atomic mass is 19.4. The van der Waals surface area contributed by atoms with Gasteiger partial charge in [0.25, 0.3) is 11.8 Å². The Labute approximate surface area is 558 Å². The maximum Gasteiger partial charge on any atom is 0.420 e. The topological polar surface area (TPSA) is 285 Å². The molecule has 4 aromatic carbocycles. The minimum absolute atomic E-state index is 0.00152. The molecule has 24 nitrogen and oxygen atoms in total. The molecule has 1 fully saturated rings. The van der Waals surface area contributed by atoms with Gasteiger partial charge in [-0.1, -0.05) is 48.5 Å². The van der Waals surface area contributed by atoms with Crippen molar-refractivity contribution in [2.24, 2.45) is 0 Å². The van der Waals surface area contributed by atoms with Crippen LogP contribution in [0.1, 0.15) is 113 Å². The number of phenolic OH excluding ortho intramolecular Hbond substituents is 1. The molecule has 4 aromatic heterocycles. The predicted molar refractivity (Wildman–Crippen MR) is 344 cm³/mol. The molecule has 0 spiro atoms. The number of amides is 4. The highest BCUT2D eigenvalue weighted by molar-refractivity contribution is 5.95. The van der Waals surface area contributed by atoms with Gasteiger partial charge in [0.1, 0.15) is 40.7 Å². The summed E-state index contributed by atoms with van der Waals surface area (Å²) in [4.78, 5) is 84.9. The number of nitrogens with zero attached hydrogens (tertiary/aromatic N) is 10. The number of nitrogens with one attached hydrogen (secondary N) is 2. The number of fused-ring (bicyclic) bond motifs is 2. The summed E-state index contributed by atoms with van der Waals surface area (Å²) in [6, 6.07) is 32.8. The normalized spacial score (nSPS) is 17.3. The number of ether oxygens (including phenoxy) is 4. The van der Waals surface area contributed by atoms with E-state index in [1.54, 1.807) is 91.2 Å². The van der Waals surface area contributed by atoms with Crippen LogP contribution in [-0.2, 0) is 53.5 Å². The number of epoxide rings is 1. The van der Waals surface area contributed by atoms with Gasteiger partial charge >= 0.3 is 35.9 Å². The molecule has 11 rings (SSSR count). The number of carbonyl (C=O) groups is 4. The van der Waals surface area contributed by atoms with E-state index in [1.807, 2.05) is 61.5 Å². The zero-order valence-corrected chi connectivity index (χ0v) is 55.2. The summed E-state index contributed by atoms with van der Waals surface area (Å²) < 4.78 is 99.9. The van der Waals surface area contributed by atoms with E-state index in [0.717, 1.165) is 29.2 Å². The molecule has 8 aromatic rings. The van der Waals surface area contributed by atoms with Gasteiger partial charge in [0.05, 0.1) is 65.9 Å². The largest absolute Gasteiger partial charge is 0.508 e. The molecule has 0 bridgehead atoms. The first-order valence-electron chi connectivity index (χ1n) is 30.9. The molecule has 3 aliphatic rings. The van der Waals surface area contributed by atoms with Crippen molar-refractivity contribution < 1.29 is 74.7 Å². The highest BCUT2D eigenvalue weighted by Gasteiger charge is 2.62. The summed E-state index contributed by atoms with van der Waals surface area (Å²) in [5, 5.41) is 41.7. The molecule has 1 saturated heterocycles. The Bertz CT molecular complexity index is 4310. The van der Waals surface area contributed by atoms with Crippen molar-refractivity contribution in [3.05, 3.63) is 189 Å². The number of carbonyl (C=O) groups excluding carboxylic acids is 4. The van der Waals surface area contributed by atoms with Gasteiger partial charge in [-0.3, -0.25) is 37.7 Å². The van der Waals surface area contributed by atoms with Gasteiger partial charge in [-0.25, -0.2) is 19.2 Å². The van der Waals surface area contributed by atoms with Crippen molar-refractivity contribution in [3.8, 4) is 45.4 Å². The Balaban J connectivity index is 0.000000208. The summed E-state index contributed by atoms with van der Waals surface area (Å²) in [6.07, 6.45) is -7.07. The smallest absolute Gasteiger partial charge is 0.420 e. The SMILES string of the molecule is CC1(C(F)(F)F)CO1.CC1Cn2c(c(C(=O)NCc3ccccc3-c3cccnn3)n(-c3ccc(O)cc3)c2=O)CN1C(=O)OC(C)(C)C.CC1Cn2c(c(C(=O)NCc3ccccc3-c3cccnn3)n(-c3ccc(OCC(C)(O)C(F)(F)F)cc3)c2=O)CN1C(=O)OC(C)(C)C. The van der Waals surface area contributed by atoms with Crippen LogP contribution in [0.5, 0.6) is 11.5 Å². The van der Waals surface area contributed by atoms with E-state index >= 15 is 0 Å². The van der Waals surface area contributed by atoms with E-state index in [1.165, 1.54) is 64.5 Å². The van der Waals surface area contributed by atoms with Crippen molar-refractivity contribution in [1.29, 1.82) is 0 Å².